The van der Waals surface area contributed by atoms with Crippen molar-refractivity contribution in [2.24, 2.45) is 0 Å². The summed E-state index contributed by atoms with van der Waals surface area (Å²) in [4.78, 5) is 26.7. The first-order chi connectivity index (χ1) is 12.6. The maximum Gasteiger partial charge on any atom is 0.364 e. The van der Waals surface area contributed by atoms with Crippen molar-refractivity contribution in [3.63, 3.8) is 0 Å². The number of nitrogens with one attached hydrogen (secondary N) is 1. The molecule has 2 heterocycles. The topological polar surface area (TPSA) is 111 Å². The van der Waals surface area contributed by atoms with Gasteiger partial charge < -0.3 is 11.1 Å². The summed E-state index contributed by atoms with van der Waals surface area (Å²) < 4.78 is 26.7. The Balaban J connectivity index is 1.96. The van der Waals surface area contributed by atoms with Gasteiger partial charge >= 0.3 is 5.38 Å². The molecule has 0 aliphatic rings. The highest BCUT2D eigenvalue weighted by Crippen LogP contribution is 2.39. The van der Waals surface area contributed by atoms with Crippen LogP contribution >= 0.6 is 22.9 Å². The fourth-order valence-electron chi connectivity index (χ4n) is 2.48. The third kappa shape index (κ3) is 3.67. The van der Waals surface area contributed by atoms with Gasteiger partial charge in [-0.05, 0) is 42.3 Å². The molecule has 0 bridgehead atoms. The number of fused-ring (bicyclic) bond motifs is 1. The van der Waals surface area contributed by atoms with Crippen LogP contribution in [-0.2, 0) is 5.38 Å². The van der Waals surface area contributed by atoms with E-state index in [2.05, 4.69) is 10.3 Å². The summed E-state index contributed by atoms with van der Waals surface area (Å²) in [5.74, 6) is -0.581. The number of nitro benzene ring substituents is 1. The molecule has 2 aromatic heterocycles. The lowest BCUT2D eigenvalue weighted by atomic mass is 10.1. The minimum atomic E-state index is -3.64. The second-order valence-corrected chi connectivity index (χ2v) is 7.08. The van der Waals surface area contributed by atoms with Crippen LogP contribution in [0.3, 0.4) is 0 Å². The van der Waals surface area contributed by atoms with Crippen LogP contribution in [0.4, 0.5) is 25.8 Å². The summed E-state index contributed by atoms with van der Waals surface area (Å²) >= 11 is 5.89. The average molecular weight is 413 g/mol. The van der Waals surface area contributed by atoms with Crippen LogP contribution in [0.2, 0.25) is 0 Å². The van der Waals surface area contributed by atoms with Crippen molar-refractivity contribution in [3.05, 3.63) is 56.6 Å². The molecule has 0 saturated carbocycles. The number of nitrogen functional groups attached to an aromatic ring is 1. The zero-order valence-electron chi connectivity index (χ0n) is 13.6. The molecule has 27 heavy (non-hydrogen) atoms. The largest absolute Gasteiger partial charge is 0.397 e. The van der Waals surface area contributed by atoms with Crippen molar-refractivity contribution in [3.8, 4) is 0 Å². The predicted molar refractivity (Wildman–Crippen MR) is 99.6 cm³/mol. The van der Waals surface area contributed by atoms with E-state index in [1.54, 1.807) is 6.92 Å². The molecule has 140 valence electrons. The van der Waals surface area contributed by atoms with Gasteiger partial charge in [0.05, 0.1) is 10.6 Å². The molecular formula is C16H11ClF2N4O3S. The van der Waals surface area contributed by atoms with Gasteiger partial charge in [0.2, 0.25) is 0 Å². The Morgan fingerprint density at radius 3 is 2.56 bits per heavy atom. The molecule has 0 atom stereocenters. The number of alkyl halides is 3. The summed E-state index contributed by atoms with van der Waals surface area (Å²) in [7, 11) is 0. The number of non-ortho nitro benzene ring substituents is 1. The number of carbonyl (C=O) groups is 1. The lowest BCUT2D eigenvalue weighted by molar-refractivity contribution is -0.384. The molecule has 0 radical (unpaired) electrons. The predicted octanol–water partition coefficient (Wildman–Crippen LogP) is 4.64. The van der Waals surface area contributed by atoms with Crippen LogP contribution in [0, 0.1) is 17.0 Å². The number of halogens is 3. The standard InChI is InChI=1S/C16H11ClF2N4O3S/c1-7-6-10(16(17,18)19)22-15-11(7)12(20)13(27-15)14(24)21-8-2-4-9(5-3-8)23(25)26/h2-6H,20H2,1H3,(H,21,24). The number of aryl methyl sites for hydroxylation is 1. The van der Waals surface area contributed by atoms with E-state index in [-0.39, 0.29) is 21.1 Å². The van der Waals surface area contributed by atoms with E-state index in [9.17, 15) is 23.7 Å². The van der Waals surface area contributed by atoms with Gasteiger partial charge in [-0.3, -0.25) is 14.9 Å². The number of rotatable bonds is 4. The summed E-state index contributed by atoms with van der Waals surface area (Å²) in [6.07, 6.45) is 0. The second-order valence-electron chi connectivity index (χ2n) is 5.61. The molecule has 0 unspecified atom stereocenters. The van der Waals surface area contributed by atoms with Gasteiger partial charge in [0.25, 0.3) is 11.6 Å². The Morgan fingerprint density at radius 2 is 2.00 bits per heavy atom. The van der Waals surface area contributed by atoms with Crippen LogP contribution < -0.4 is 11.1 Å². The van der Waals surface area contributed by atoms with E-state index < -0.39 is 21.9 Å². The van der Waals surface area contributed by atoms with Gasteiger partial charge in [-0.1, -0.05) is 0 Å². The molecule has 0 aliphatic carbocycles. The number of amides is 1. The molecule has 1 aromatic carbocycles. The quantitative estimate of drug-likeness (QED) is 0.368. The number of nitro groups is 1. The number of benzene rings is 1. The third-order valence-electron chi connectivity index (χ3n) is 3.73. The van der Waals surface area contributed by atoms with Crippen LogP contribution in [0.5, 0.6) is 0 Å². The Morgan fingerprint density at radius 1 is 1.37 bits per heavy atom. The molecule has 11 heteroatoms. The van der Waals surface area contributed by atoms with Crippen LogP contribution in [-0.4, -0.2) is 15.8 Å². The van der Waals surface area contributed by atoms with Gasteiger partial charge in [-0.15, -0.1) is 11.3 Å². The van der Waals surface area contributed by atoms with Crippen LogP contribution in [0.15, 0.2) is 30.3 Å². The number of anilines is 2. The zero-order valence-corrected chi connectivity index (χ0v) is 15.2. The summed E-state index contributed by atoms with van der Waals surface area (Å²) in [5, 5.41) is 9.98. The fourth-order valence-corrected chi connectivity index (χ4v) is 3.64. The number of aromatic nitrogens is 1. The van der Waals surface area contributed by atoms with E-state index in [1.165, 1.54) is 24.3 Å². The minimum Gasteiger partial charge on any atom is -0.397 e. The zero-order chi connectivity index (χ0) is 19.9. The third-order valence-corrected chi connectivity index (χ3v) is 5.02. The Kier molecular flexibility index (Phi) is 4.70. The van der Waals surface area contributed by atoms with Crippen molar-refractivity contribution in [1.29, 1.82) is 0 Å². The Hall–Kier alpha value is -2.85. The molecule has 0 fully saturated rings. The van der Waals surface area contributed by atoms with E-state index in [1.807, 2.05) is 0 Å². The van der Waals surface area contributed by atoms with Gasteiger partial charge in [0.1, 0.15) is 15.4 Å². The minimum absolute atomic E-state index is 0.0917. The highest BCUT2D eigenvalue weighted by Gasteiger charge is 2.31. The molecule has 3 aromatic rings. The van der Waals surface area contributed by atoms with Crippen molar-refractivity contribution >= 4 is 56.1 Å². The van der Waals surface area contributed by atoms with Gasteiger partial charge in [-0.2, -0.15) is 8.78 Å². The van der Waals surface area contributed by atoms with E-state index in [0.717, 1.165) is 17.4 Å². The maximum atomic E-state index is 13.4. The van der Waals surface area contributed by atoms with Gasteiger partial charge in [0, 0.05) is 23.2 Å². The van der Waals surface area contributed by atoms with Gasteiger partial charge in [-0.25, -0.2) is 4.98 Å². The van der Waals surface area contributed by atoms with E-state index in [4.69, 9.17) is 17.3 Å². The lowest BCUT2D eigenvalue weighted by Crippen LogP contribution is -2.12. The molecular weight excluding hydrogens is 402 g/mol. The maximum absolute atomic E-state index is 13.4. The SMILES string of the molecule is Cc1cc(C(F)(F)Cl)nc2sc(C(=O)Nc3ccc([N+](=O)[O-])cc3)c(N)c12. The summed E-state index contributed by atoms with van der Waals surface area (Å²) in [5.41, 5.74) is 6.12. The number of thiophene rings is 1. The fraction of sp³-hybridized carbons (Fsp3) is 0.125. The molecule has 0 saturated heterocycles. The van der Waals surface area contributed by atoms with Crippen LogP contribution in [0.1, 0.15) is 20.9 Å². The smallest absolute Gasteiger partial charge is 0.364 e. The average Bonchev–Trinajstić information content (AvgIpc) is 2.92. The van der Waals surface area contributed by atoms with Gasteiger partial charge in [0.15, 0.2) is 0 Å². The summed E-state index contributed by atoms with van der Waals surface area (Å²) in [6.45, 7) is 1.57. The number of nitrogens with two attached hydrogens (primary N) is 1. The number of nitrogens with zero attached hydrogens (tertiary/aromatic N) is 2. The molecule has 3 N–H and O–H groups in total. The molecule has 7 nitrogen and oxygen atoms in total. The first-order valence-electron chi connectivity index (χ1n) is 7.40. The number of hydrogen-bond acceptors (Lipinski definition) is 6. The molecule has 1 amide bonds. The van der Waals surface area contributed by atoms with Crippen LogP contribution in [0.25, 0.3) is 10.2 Å². The lowest BCUT2D eigenvalue weighted by Gasteiger charge is -2.08. The normalized spacial score (nSPS) is 11.6. The monoisotopic (exact) mass is 412 g/mol. The number of hydrogen-bond donors (Lipinski definition) is 2. The number of carbonyl (C=O) groups excluding carboxylic acids is 1. The Labute approximate surface area is 159 Å². The van der Waals surface area contributed by atoms with Crippen molar-refractivity contribution in [2.45, 2.75) is 12.3 Å². The molecule has 3 rings (SSSR count). The van der Waals surface area contributed by atoms with E-state index in [0.29, 0.717) is 16.6 Å². The first-order valence-corrected chi connectivity index (χ1v) is 8.60. The second kappa shape index (κ2) is 6.71. The highest BCUT2D eigenvalue weighted by molar-refractivity contribution is 7.21. The van der Waals surface area contributed by atoms with E-state index >= 15 is 0 Å². The van der Waals surface area contributed by atoms with Crippen molar-refractivity contribution in [2.75, 3.05) is 11.1 Å². The number of pyridine rings is 1. The Bertz CT molecular complexity index is 1060. The van der Waals surface area contributed by atoms with Crippen molar-refractivity contribution in [1.82, 2.24) is 4.98 Å². The molecule has 0 spiro atoms. The summed E-state index contributed by atoms with van der Waals surface area (Å²) in [6, 6.07) is 6.34. The highest BCUT2D eigenvalue weighted by atomic mass is 35.5. The molecule has 0 aliphatic heterocycles. The first kappa shape index (κ1) is 18.9. The van der Waals surface area contributed by atoms with Crippen molar-refractivity contribution < 1.29 is 18.5 Å².